The third kappa shape index (κ3) is 5.80. The third-order valence-electron chi connectivity index (χ3n) is 6.65. The summed E-state index contributed by atoms with van der Waals surface area (Å²) in [5.41, 5.74) is 2.64. The Morgan fingerprint density at radius 2 is 1.95 bits per heavy atom. The van der Waals surface area contributed by atoms with Crippen molar-refractivity contribution in [2.45, 2.75) is 64.9 Å². The number of hydrogen-bond donors (Lipinski definition) is 2. The summed E-state index contributed by atoms with van der Waals surface area (Å²) >= 11 is 0. The molecule has 0 amide bonds. The predicted molar refractivity (Wildman–Crippen MR) is 142 cm³/mol. The summed E-state index contributed by atoms with van der Waals surface area (Å²) in [7, 11) is 0. The van der Waals surface area contributed by atoms with E-state index >= 15 is 0 Å². The van der Waals surface area contributed by atoms with Crippen molar-refractivity contribution in [2.24, 2.45) is 0 Å². The molecule has 1 aliphatic heterocycles. The predicted octanol–water partition coefficient (Wildman–Crippen LogP) is 3.77. The van der Waals surface area contributed by atoms with Crippen molar-refractivity contribution >= 4 is 5.97 Å². The molecule has 4 aromatic rings. The zero-order valence-electron chi connectivity index (χ0n) is 22.8. The lowest BCUT2D eigenvalue weighted by Gasteiger charge is -2.19. The molecule has 0 saturated carbocycles. The van der Waals surface area contributed by atoms with Crippen LogP contribution in [0.2, 0.25) is 0 Å². The lowest BCUT2D eigenvalue weighted by molar-refractivity contribution is -0.465. The van der Waals surface area contributed by atoms with E-state index in [4.69, 9.17) is 19.5 Å². The first-order chi connectivity index (χ1) is 19.3. The highest BCUT2D eigenvalue weighted by Gasteiger charge is 2.35. The van der Waals surface area contributed by atoms with Gasteiger partial charge < -0.3 is 14.4 Å². The average Bonchev–Trinajstić information content (AvgIpc) is 3.69. The van der Waals surface area contributed by atoms with E-state index in [1.165, 1.54) is 0 Å². The highest BCUT2D eigenvalue weighted by molar-refractivity contribution is 5.89. The van der Waals surface area contributed by atoms with E-state index in [2.05, 4.69) is 25.7 Å². The molecule has 40 heavy (non-hydrogen) atoms. The molecule has 0 spiro atoms. The second-order valence-electron chi connectivity index (χ2n) is 10.2. The molecular weight excluding hydrogens is 516 g/mol. The number of aromatic amines is 1. The maximum Gasteiger partial charge on any atom is 0.357 e. The molecule has 1 saturated heterocycles. The highest BCUT2D eigenvalue weighted by atomic mass is 17.5. The number of tetrazole rings is 1. The maximum atomic E-state index is 13.5. The number of carbonyl (C=O) groups is 1. The zero-order chi connectivity index (χ0) is 28.3. The lowest BCUT2D eigenvalue weighted by Crippen LogP contribution is -2.29. The van der Waals surface area contributed by atoms with Gasteiger partial charge in [0.15, 0.2) is 11.8 Å². The van der Waals surface area contributed by atoms with Gasteiger partial charge in [0.05, 0.1) is 0 Å². The standard InChI is InChI=1S/C28H32N6O6/c1-5-9-23-29-25(28(3,4)36)24(27(35)37-16-22-17(2)38-40-39-22)34(23)15-18-12-13-20(19-10-7-6-8-11-19)21(14-18)26-30-32-33-31-26/h6-8,10-14,17,22,36H,5,9,15-16H2,1-4H3,(H,30,31,32,33). The van der Waals surface area contributed by atoms with Crippen LogP contribution in [0.4, 0.5) is 0 Å². The number of carbonyl (C=O) groups excluding carboxylic acids is 1. The van der Waals surface area contributed by atoms with E-state index in [1.54, 1.807) is 20.8 Å². The number of esters is 1. The van der Waals surface area contributed by atoms with Gasteiger partial charge >= 0.3 is 5.97 Å². The van der Waals surface area contributed by atoms with Crippen LogP contribution in [0.3, 0.4) is 0 Å². The van der Waals surface area contributed by atoms with Crippen LogP contribution in [0.1, 0.15) is 61.7 Å². The van der Waals surface area contributed by atoms with Crippen LogP contribution in [-0.2, 0) is 38.1 Å². The van der Waals surface area contributed by atoms with Gasteiger partial charge in [0, 0.05) is 18.5 Å². The van der Waals surface area contributed by atoms with Gasteiger partial charge in [-0.25, -0.2) is 14.7 Å². The molecule has 12 nitrogen and oxygen atoms in total. The molecule has 2 unspecified atom stereocenters. The fraction of sp³-hybridized carbons (Fsp3) is 0.393. The Hall–Kier alpha value is -3.97. The number of aryl methyl sites for hydroxylation is 1. The van der Waals surface area contributed by atoms with Crippen LogP contribution in [0, 0.1) is 0 Å². The second-order valence-corrected chi connectivity index (χ2v) is 10.2. The Morgan fingerprint density at radius 3 is 2.60 bits per heavy atom. The van der Waals surface area contributed by atoms with Crippen molar-refractivity contribution in [3.05, 3.63) is 71.3 Å². The summed E-state index contributed by atoms with van der Waals surface area (Å²) in [5, 5.41) is 30.2. The summed E-state index contributed by atoms with van der Waals surface area (Å²) in [5.74, 6) is 0.484. The SMILES string of the molecule is CCCc1nc(C(C)(C)O)c(C(=O)OCC2OOOC2C)n1Cc1ccc(-c2ccccc2)c(-c2nn[nH]n2)c1. The van der Waals surface area contributed by atoms with Crippen LogP contribution in [0.25, 0.3) is 22.5 Å². The molecule has 0 radical (unpaired) electrons. The van der Waals surface area contributed by atoms with Gasteiger partial charge in [0.2, 0.25) is 5.82 Å². The molecule has 3 heterocycles. The number of hydrogen-bond acceptors (Lipinski definition) is 10. The first kappa shape index (κ1) is 27.6. The number of ether oxygens (including phenoxy) is 1. The van der Waals surface area contributed by atoms with E-state index in [0.717, 1.165) is 28.7 Å². The Kier molecular flexibility index (Phi) is 8.03. The van der Waals surface area contributed by atoms with Crippen LogP contribution < -0.4 is 0 Å². The van der Waals surface area contributed by atoms with Crippen molar-refractivity contribution in [3.8, 4) is 22.5 Å². The Labute approximate surface area is 231 Å². The monoisotopic (exact) mass is 548 g/mol. The average molecular weight is 549 g/mol. The molecule has 1 fully saturated rings. The second kappa shape index (κ2) is 11.6. The van der Waals surface area contributed by atoms with Gasteiger partial charge in [0.25, 0.3) is 0 Å². The molecule has 2 aromatic heterocycles. The quantitative estimate of drug-likeness (QED) is 0.222. The van der Waals surface area contributed by atoms with E-state index < -0.39 is 23.8 Å². The number of benzene rings is 2. The number of aromatic nitrogens is 6. The fourth-order valence-corrected chi connectivity index (χ4v) is 4.58. The maximum absolute atomic E-state index is 13.5. The van der Waals surface area contributed by atoms with Crippen LogP contribution >= 0.6 is 0 Å². The van der Waals surface area contributed by atoms with E-state index in [-0.39, 0.29) is 18.0 Å². The molecule has 2 N–H and O–H groups in total. The summed E-state index contributed by atoms with van der Waals surface area (Å²) in [4.78, 5) is 28.2. The lowest BCUT2D eigenvalue weighted by atomic mass is 9.97. The normalized spacial score (nSPS) is 17.3. The third-order valence-corrected chi connectivity index (χ3v) is 6.65. The minimum atomic E-state index is -1.39. The number of rotatable bonds is 10. The van der Waals surface area contributed by atoms with Gasteiger partial charge in [-0.2, -0.15) is 10.1 Å². The smallest absolute Gasteiger partial charge is 0.357 e. The minimum absolute atomic E-state index is 0.0899. The molecule has 1 aliphatic rings. The largest absolute Gasteiger partial charge is 0.458 e. The molecule has 12 heteroatoms. The zero-order valence-corrected chi connectivity index (χ0v) is 22.8. The van der Waals surface area contributed by atoms with Crippen molar-refractivity contribution < 1.29 is 29.5 Å². The van der Waals surface area contributed by atoms with Crippen LogP contribution in [0.5, 0.6) is 0 Å². The van der Waals surface area contributed by atoms with Crippen molar-refractivity contribution in [1.82, 2.24) is 30.2 Å². The molecular formula is C28H32N6O6. The van der Waals surface area contributed by atoms with Crippen LogP contribution in [-0.4, -0.2) is 60.1 Å². The molecule has 210 valence electrons. The van der Waals surface area contributed by atoms with E-state index in [0.29, 0.717) is 24.6 Å². The van der Waals surface area contributed by atoms with E-state index in [9.17, 15) is 9.90 Å². The Morgan fingerprint density at radius 1 is 1.15 bits per heavy atom. The minimum Gasteiger partial charge on any atom is -0.458 e. The number of nitrogens with one attached hydrogen (secondary N) is 1. The summed E-state index contributed by atoms with van der Waals surface area (Å²) in [6, 6.07) is 15.9. The molecule has 0 aliphatic carbocycles. The molecule has 5 rings (SSSR count). The number of nitrogens with zero attached hydrogens (tertiary/aromatic N) is 5. The number of H-pyrrole nitrogens is 1. The van der Waals surface area contributed by atoms with Gasteiger partial charge in [-0.3, -0.25) is 0 Å². The van der Waals surface area contributed by atoms with Crippen LogP contribution in [0.15, 0.2) is 48.5 Å². The molecule has 2 aromatic carbocycles. The van der Waals surface area contributed by atoms with E-state index in [1.807, 2.05) is 60.0 Å². The van der Waals surface area contributed by atoms with Gasteiger partial charge in [-0.15, -0.1) is 10.2 Å². The van der Waals surface area contributed by atoms with Gasteiger partial charge in [-0.05, 0) is 55.2 Å². The fourth-order valence-electron chi connectivity index (χ4n) is 4.58. The van der Waals surface area contributed by atoms with Crippen molar-refractivity contribution in [3.63, 3.8) is 0 Å². The molecule has 0 bridgehead atoms. The van der Waals surface area contributed by atoms with Crippen molar-refractivity contribution in [1.29, 1.82) is 0 Å². The van der Waals surface area contributed by atoms with Gasteiger partial charge in [0.1, 0.15) is 29.8 Å². The summed E-state index contributed by atoms with van der Waals surface area (Å²) in [6.45, 7) is 7.18. The Balaban J connectivity index is 1.55. The van der Waals surface area contributed by atoms with Gasteiger partial charge in [-0.1, -0.05) is 54.4 Å². The first-order valence-electron chi connectivity index (χ1n) is 13.2. The molecule has 2 atom stereocenters. The highest BCUT2D eigenvalue weighted by Crippen LogP contribution is 2.32. The summed E-state index contributed by atoms with van der Waals surface area (Å²) in [6.07, 6.45) is 0.401. The Bertz CT molecular complexity index is 1450. The topological polar surface area (TPSA) is 146 Å². The van der Waals surface area contributed by atoms with Crippen molar-refractivity contribution in [2.75, 3.05) is 6.61 Å². The summed E-state index contributed by atoms with van der Waals surface area (Å²) < 4.78 is 7.43. The number of imidazole rings is 1. The number of aliphatic hydroxyl groups is 1. The first-order valence-corrected chi connectivity index (χ1v) is 13.2.